The van der Waals surface area contributed by atoms with Gasteiger partial charge in [0.25, 0.3) is 5.91 Å². The Morgan fingerprint density at radius 3 is 2.46 bits per heavy atom. The summed E-state index contributed by atoms with van der Waals surface area (Å²) < 4.78 is 41.0. The number of likely N-dealkylation sites (tertiary alicyclic amines) is 1. The molecule has 274 valence electrons. The van der Waals surface area contributed by atoms with E-state index in [0.717, 1.165) is 11.1 Å². The molecule has 6 rings (SSSR count). The molecule has 4 aromatic rings. The molecule has 0 aliphatic carbocycles. The number of nitrogen functional groups attached to an aromatic ring is 1. The lowest BCUT2D eigenvalue weighted by atomic mass is 9.96. The van der Waals surface area contributed by atoms with Crippen molar-refractivity contribution < 1.29 is 27.5 Å². The average Bonchev–Trinajstić information content (AvgIpc) is 3.65. The van der Waals surface area contributed by atoms with E-state index in [-0.39, 0.29) is 58.3 Å². The fourth-order valence-corrected chi connectivity index (χ4v) is 9.04. The second-order valence-corrected chi connectivity index (χ2v) is 15.6. The second kappa shape index (κ2) is 16.1. The number of amidine groups is 1. The molecule has 4 N–H and O–H groups in total. The number of carbonyl (C=O) groups is 2. The highest BCUT2D eigenvalue weighted by molar-refractivity contribution is 7.89. The van der Waals surface area contributed by atoms with Crippen molar-refractivity contribution in [2.75, 3.05) is 32.8 Å². The van der Waals surface area contributed by atoms with Gasteiger partial charge >= 0.3 is 0 Å². The van der Waals surface area contributed by atoms with Crippen LogP contribution >= 0.6 is 23.2 Å². The maximum absolute atomic E-state index is 14.0. The smallest absolute Gasteiger partial charge is 0.260 e. The van der Waals surface area contributed by atoms with E-state index in [2.05, 4.69) is 10.3 Å². The number of fused-ring (bicyclic) bond motifs is 1. The van der Waals surface area contributed by atoms with Gasteiger partial charge in [0.15, 0.2) is 6.61 Å². The zero-order chi connectivity index (χ0) is 37.0. The Kier molecular flexibility index (Phi) is 11.5. The Labute approximate surface area is 312 Å². The maximum atomic E-state index is 14.0. The molecule has 2 aliphatic rings. The molecule has 1 aromatic heterocycles. The number of halogens is 2. The molecule has 1 atom stereocenters. The first-order chi connectivity index (χ1) is 24.9. The summed E-state index contributed by atoms with van der Waals surface area (Å²) in [6, 6.07) is 18.0. The largest absolute Gasteiger partial charge is 0.487 e. The maximum Gasteiger partial charge on any atom is 0.260 e. The van der Waals surface area contributed by atoms with Gasteiger partial charge in [0.05, 0.1) is 5.02 Å². The van der Waals surface area contributed by atoms with Crippen molar-refractivity contribution in [3.8, 4) is 11.5 Å². The molecular formula is C37H40Cl2N6O6S. The van der Waals surface area contributed by atoms with Crippen LogP contribution in [0.4, 0.5) is 0 Å². The molecule has 2 fully saturated rings. The van der Waals surface area contributed by atoms with Crippen molar-refractivity contribution >= 4 is 61.8 Å². The molecule has 15 heteroatoms. The quantitative estimate of drug-likeness (QED) is 0.129. The summed E-state index contributed by atoms with van der Waals surface area (Å²) in [6.45, 7) is 3.28. The Morgan fingerprint density at radius 1 is 0.981 bits per heavy atom. The minimum Gasteiger partial charge on any atom is -0.487 e. The lowest BCUT2D eigenvalue weighted by Crippen LogP contribution is -2.48. The minimum atomic E-state index is -4.17. The van der Waals surface area contributed by atoms with Crippen molar-refractivity contribution in [1.29, 1.82) is 5.41 Å². The van der Waals surface area contributed by atoms with Gasteiger partial charge in [-0.05, 0) is 87.1 Å². The molecule has 2 saturated heterocycles. The number of benzene rings is 3. The van der Waals surface area contributed by atoms with Crippen LogP contribution in [-0.2, 0) is 26.2 Å². The van der Waals surface area contributed by atoms with Crippen LogP contribution in [0.1, 0.15) is 42.5 Å². The molecule has 0 radical (unpaired) electrons. The predicted molar refractivity (Wildman–Crippen MR) is 199 cm³/mol. The molecule has 2 aliphatic heterocycles. The van der Waals surface area contributed by atoms with Crippen LogP contribution in [0.25, 0.3) is 10.9 Å². The van der Waals surface area contributed by atoms with E-state index in [1.165, 1.54) is 16.4 Å². The lowest BCUT2D eigenvalue weighted by Gasteiger charge is -2.32. The van der Waals surface area contributed by atoms with Gasteiger partial charge in [-0.1, -0.05) is 41.4 Å². The van der Waals surface area contributed by atoms with E-state index in [1.807, 2.05) is 31.2 Å². The number of hydrogen-bond donors (Lipinski definition) is 3. The SMILES string of the molecule is Cc1ccc2cccc(OCc3c(Cl)ccc(S(=O)(=O)N4CCC[C@H]4C(=O)NCC4CCN(C(=O)COc5ccc(C(=N)N)cc5)CC4)c3Cl)c2n1. The number of nitrogens with two attached hydrogens (primary N) is 1. The predicted octanol–water partition coefficient (Wildman–Crippen LogP) is 5.30. The summed E-state index contributed by atoms with van der Waals surface area (Å²) in [5.74, 6) is 0.609. The van der Waals surface area contributed by atoms with Gasteiger partial charge in [0.2, 0.25) is 15.9 Å². The zero-order valence-corrected chi connectivity index (χ0v) is 30.9. The number of pyridine rings is 1. The molecule has 0 spiro atoms. The Morgan fingerprint density at radius 2 is 1.73 bits per heavy atom. The summed E-state index contributed by atoms with van der Waals surface area (Å²) in [7, 11) is -4.17. The summed E-state index contributed by atoms with van der Waals surface area (Å²) in [5, 5.41) is 11.5. The Balaban J connectivity index is 1.03. The number of nitrogens with zero attached hydrogens (tertiary/aromatic N) is 3. The van der Waals surface area contributed by atoms with E-state index < -0.39 is 16.1 Å². The monoisotopic (exact) mass is 766 g/mol. The summed E-state index contributed by atoms with van der Waals surface area (Å²) in [5.41, 5.74) is 7.86. The molecule has 3 heterocycles. The summed E-state index contributed by atoms with van der Waals surface area (Å²) >= 11 is 13.3. The first kappa shape index (κ1) is 37.3. The van der Waals surface area contributed by atoms with E-state index in [9.17, 15) is 18.0 Å². The van der Waals surface area contributed by atoms with Crippen molar-refractivity contribution in [2.24, 2.45) is 11.7 Å². The molecule has 3 aromatic carbocycles. The third kappa shape index (κ3) is 8.28. The van der Waals surface area contributed by atoms with Gasteiger partial charge in [0, 0.05) is 53.4 Å². The number of aromatic nitrogens is 1. The number of hydrogen-bond acceptors (Lipinski definition) is 8. The fourth-order valence-electron chi connectivity index (χ4n) is 6.52. The van der Waals surface area contributed by atoms with Gasteiger partial charge in [-0.25, -0.2) is 13.4 Å². The van der Waals surface area contributed by atoms with Gasteiger partial charge in [-0.3, -0.25) is 15.0 Å². The van der Waals surface area contributed by atoms with Gasteiger partial charge in [-0.15, -0.1) is 0 Å². The number of rotatable bonds is 12. The van der Waals surface area contributed by atoms with Crippen LogP contribution in [0.5, 0.6) is 11.5 Å². The number of piperidine rings is 1. The Hall–Kier alpha value is -4.43. The van der Waals surface area contributed by atoms with Crippen LogP contribution in [0, 0.1) is 18.3 Å². The minimum absolute atomic E-state index is 0.0440. The molecule has 52 heavy (non-hydrogen) atoms. The van der Waals surface area contributed by atoms with Crippen LogP contribution in [0.2, 0.25) is 10.0 Å². The standard InChI is InChI=1S/C37H40Cl2N6O6S/c1-23-7-8-25-4-2-6-31(35(25)43-23)51-21-28-29(38)13-14-32(34(28)39)52(48,49)45-17-3-5-30(45)37(47)42-20-24-15-18-44(19-16-24)33(46)22-50-27-11-9-26(10-12-27)36(40)41/h2,4,6-14,24,30H,3,5,15-22H2,1H3,(H3,40,41)(H,42,47)/t30-/m0/s1. The Bertz CT molecular complexity index is 2090. The highest BCUT2D eigenvalue weighted by Gasteiger charge is 2.41. The van der Waals surface area contributed by atoms with E-state index >= 15 is 0 Å². The molecule has 0 saturated carbocycles. The van der Waals surface area contributed by atoms with Gasteiger partial charge < -0.3 is 25.4 Å². The van der Waals surface area contributed by atoms with Crippen LogP contribution in [-0.4, -0.2) is 79.1 Å². The first-order valence-corrected chi connectivity index (χ1v) is 19.2. The number of aryl methyl sites for hydroxylation is 1. The van der Waals surface area contributed by atoms with Crippen LogP contribution < -0.4 is 20.5 Å². The summed E-state index contributed by atoms with van der Waals surface area (Å²) in [6.07, 6.45) is 2.27. The molecular weight excluding hydrogens is 727 g/mol. The number of nitrogens with one attached hydrogen (secondary N) is 2. The molecule has 2 amide bonds. The van der Waals surface area contributed by atoms with E-state index in [1.54, 1.807) is 35.2 Å². The zero-order valence-electron chi connectivity index (χ0n) is 28.6. The molecule has 12 nitrogen and oxygen atoms in total. The third-order valence-electron chi connectivity index (χ3n) is 9.50. The fraction of sp³-hybridized carbons (Fsp3) is 0.351. The van der Waals surface area contributed by atoms with Crippen LogP contribution in [0.15, 0.2) is 71.6 Å². The topological polar surface area (TPSA) is 168 Å². The average molecular weight is 768 g/mol. The van der Waals surface area contributed by atoms with E-state index in [4.69, 9.17) is 43.8 Å². The van der Waals surface area contributed by atoms with Crippen molar-refractivity contribution in [3.05, 3.63) is 93.6 Å². The highest BCUT2D eigenvalue weighted by Crippen LogP contribution is 2.36. The number of carbonyl (C=O) groups excluding carboxylic acids is 2. The van der Waals surface area contributed by atoms with Crippen molar-refractivity contribution in [2.45, 2.75) is 50.2 Å². The van der Waals surface area contributed by atoms with Gasteiger partial charge in [0.1, 0.15) is 40.4 Å². The molecule has 0 unspecified atom stereocenters. The van der Waals surface area contributed by atoms with E-state index in [0.29, 0.717) is 73.5 Å². The second-order valence-electron chi connectivity index (χ2n) is 13.0. The lowest BCUT2D eigenvalue weighted by molar-refractivity contribution is -0.135. The summed E-state index contributed by atoms with van der Waals surface area (Å²) in [4.78, 5) is 32.4. The number of amides is 2. The number of sulfonamides is 1. The first-order valence-electron chi connectivity index (χ1n) is 17.0. The number of para-hydroxylation sites is 1. The number of ether oxygens (including phenoxy) is 2. The normalized spacial score (nSPS) is 16.9. The van der Waals surface area contributed by atoms with Crippen molar-refractivity contribution in [1.82, 2.24) is 19.5 Å². The highest BCUT2D eigenvalue weighted by atomic mass is 35.5. The van der Waals surface area contributed by atoms with Crippen molar-refractivity contribution in [3.63, 3.8) is 0 Å². The third-order valence-corrected chi connectivity index (χ3v) is 12.3. The molecule has 0 bridgehead atoms. The van der Waals surface area contributed by atoms with Crippen LogP contribution in [0.3, 0.4) is 0 Å². The van der Waals surface area contributed by atoms with Gasteiger partial charge in [-0.2, -0.15) is 4.31 Å².